The number of alkyl halides is 3. The molecular formula is C27H35F4N7O. The number of hydrazone groups is 1. The quantitative estimate of drug-likeness (QED) is 0.325. The van der Waals surface area contributed by atoms with E-state index in [2.05, 4.69) is 26.8 Å². The summed E-state index contributed by atoms with van der Waals surface area (Å²) < 4.78 is 53.3. The van der Waals surface area contributed by atoms with Crippen molar-refractivity contribution in [3.05, 3.63) is 65.5 Å². The second-order valence-electron chi connectivity index (χ2n) is 10.1. The van der Waals surface area contributed by atoms with E-state index in [0.29, 0.717) is 30.8 Å². The highest BCUT2D eigenvalue weighted by atomic mass is 19.4. The van der Waals surface area contributed by atoms with E-state index in [1.54, 1.807) is 36.3 Å². The number of hydrogen-bond donors (Lipinski definition) is 4. The summed E-state index contributed by atoms with van der Waals surface area (Å²) in [6.07, 6.45) is 0.0578. The second kappa shape index (κ2) is 13.1. The Bertz CT molecular complexity index is 1130. The lowest BCUT2D eigenvalue weighted by Gasteiger charge is -2.36. The molecular weight excluding hydrogens is 514 g/mol. The average molecular weight is 550 g/mol. The number of rotatable bonds is 10. The number of nitrogens with one attached hydrogen (secondary N) is 4. The van der Waals surface area contributed by atoms with E-state index >= 15 is 0 Å². The highest BCUT2D eigenvalue weighted by Gasteiger charge is 2.34. The molecule has 0 unspecified atom stereocenters. The summed E-state index contributed by atoms with van der Waals surface area (Å²) in [7, 11) is 1.81. The van der Waals surface area contributed by atoms with E-state index in [0.717, 1.165) is 30.4 Å². The van der Waals surface area contributed by atoms with Crippen molar-refractivity contribution in [1.29, 1.82) is 0 Å². The summed E-state index contributed by atoms with van der Waals surface area (Å²) in [6.45, 7) is -0.489. The largest absolute Gasteiger partial charge is 0.401 e. The third-order valence-electron chi connectivity index (χ3n) is 7.05. The van der Waals surface area contributed by atoms with Gasteiger partial charge in [-0.25, -0.2) is 14.7 Å². The maximum absolute atomic E-state index is 13.4. The van der Waals surface area contributed by atoms with Gasteiger partial charge in [0.1, 0.15) is 5.82 Å². The molecule has 2 atom stereocenters. The van der Waals surface area contributed by atoms with Crippen molar-refractivity contribution >= 4 is 17.6 Å². The Morgan fingerprint density at radius 3 is 2.64 bits per heavy atom. The van der Waals surface area contributed by atoms with Crippen molar-refractivity contribution in [2.45, 2.75) is 50.7 Å². The molecule has 0 aromatic heterocycles. The maximum Gasteiger partial charge on any atom is 0.401 e. The van der Waals surface area contributed by atoms with Crippen LogP contribution in [0.3, 0.4) is 0 Å². The van der Waals surface area contributed by atoms with Gasteiger partial charge in [-0.2, -0.15) is 13.2 Å². The molecule has 0 spiro atoms. The van der Waals surface area contributed by atoms with Crippen LogP contribution in [0, 0.1) is 11.7 Å². The first kappa shape index (κ1) is 28.6. The second-order valence-corrected chi connectivity index (χ2v) is 10.1. The molecule has 39 heavy (non-hydrogen) atoms. The number of amidine groups is 1. The minimum atomic E-state index is -4.32. The maximum atomic E-state index is 13.4. The summed E-state index contributed by atoms with van der Waals surface area (Å²) in [6, 6.07) is 12.7. The summed E-state index contributed by atoms with van der Waals surface area (Å²) in [5.41, 5.74) is 7.77. The predicted molar refractivity (Wildman–Crippen MR) is 142 cm³/mol. The van der Waals surface area contributed by atoms with Gasteiger partial charge in [0.05, 0.1) is 6.54 Å². The highest BCUT2D eigenvalue weighted by Crippen LogP contribution is 2.27. The Morgan fingerprint density at radius 2 is 1.92 bits per heavy atom. The molecule has 0 saturated heterocycles. The van der Waals surface area contributed by atoms with Crippen molar-refractivity contribution in [1.82, 2.24) is 26.3 Å². The van der Waals surface area contributed by atoms with Crippen LogP contribution in [0.15, 0.2) is 53.6 Å². The number of nitrogens with zero attached hydrogens (tertiary/aromatic N) is 3. The molecule has 0 radical (unpaired) electrons. The number of carbonyl (C=O) groups excluding carboxylic acids is 1. The molecule has 2 amide bonds. The third-order valence-corrected chi connectivity index (χ3v) is 7.05. The van der Waals surface area contributed by atoms with Crippen molar-refractivity contribution in [3.8, 4) is 0 Å². The van der Waals surface area contributed by atoms with Gasteiger partial charge < -0.3 is 10.6 Å². The number of halogens is 4. The SMILES string of the molecule is CN1NNN=C1c1cccc(NC(=O)N[C@@H]2CCCC[C@H]2CN(CCCc2ccc(F)cc2)CC(F)(F)F)c1. The third kappa shape index (κ3) is 8.82. The fourth-order valence-corrected chi connectivity index (χ4v) is 5.20. The smallest absolute Gasteiger partial charge is 0.335 e. The Labute approximate surface area is 225 Å². The van der Waals surface area contributed by atoms with Gasteiger partial charge >= 0.3 is 12.2 Å². The van der Waals surface area contributed by atoms with Gasteiger partial charge in [-0.1, -0.05) is 37.1 Å². The molecule has 12 heteroatoms. The van der Waals surface area contributed by atoms with Gasteiger partial charge in [0, 0.05) is 30.9 Å². The van der Waals surface area contributed by atoms with Gasteiger partial charge in [0.15, 0.2) is 5.84 Å². The molecule has 2 aromatic carbocycles. The van der Waals surface area contributed by atoms with Crippen molar-refractivity contribution in [2.24, 2.45) is 11.0 Å². The van der Waals surface area contributed by atoms with E-state index in [1.807, 2.05) is 12.1 Å². The van der Waals surface area contributed by atoms with Crippen LogP contribution in [-0.4, -0.2) is 60.7 Å². The van der Waals surface area contributed by atoms with Crippen LogP contribution >= 0.6 is 0 Å². The van der Waals surface area contributed by atoms with Crippen molar-refractivity contribution in [3.63, 3.8) is 0 Å². The molecule has 2 aliphatic rings. The molecule has 1 fully saturated rings. The number of benzene rings is 2. The molecule has 1 saturated carbocycles. The van der Waals surface area contributed by atoms with E-state index in [1.165, 1.54) is 17.0 Å². The molecule has 0 bridgehead atoms. The summed E-state index contributed by atoms with van der Waals surface area (Å²) in [5, 5.41) is 11.7. The predicted octanol–water partition coefficient (Wildman–Crippen LogP) is 4.62. The number of urea groups is 1. The van der Waals surface area contributed by atoms with E-state index in [9.17, 15) is 22.4 Å². The fraction of sp³-hybridized carbons (Fsp3) is 0.481. The van der Waals surface area contributed by atoms with Crippen LogP contribution < -0.4 is 21.7 Å². The van der Waals surface area contributed by atoms with Crippen LogP contribution in [-0.2, 0) is 6.42 Å². The Balaban J connectivity index is 1.34. The van der Waals surface area contributed by atoms with Gasteiger partial charge in [-0.05, 0) is 68.0 Å². The molecule has 2 aromatic rings. The highest BCUT2D eigenvalue weighted by molar-refractivity contribution is 6.00. The Kier molecular flexibility index (Phi) is 9.63. The summed E-state index contributed by atoms with van der Waals surface area (Å²) in [4.78, 5) is 14.3. The number of hydrazine groups is 2. The Morgan fingerprint density at radius 1 is 1.15 bits per heavy atom. The lowest BCUT2D eigenvalue weighted by molar-refractivity contribution is -0.147. The number of aryl methyl sites for hydroxylation is 1. The molecule has 1 aliphatic heterocycles. The minimum absolute atomic E-state index is 0.0948. The zero-order valence-electron chi connectivity index (χ0n) is 21.9. The molecule has 1 aliphatic carbocycles. The first-order valence-electron chi connectivity index (χ1n) is 13.2. The normalized spacial score (nSPS) is 19.5. The first-order valence-corrected chi connectivity index (χ1v) is 13.2. The molecule has 4 N–H and O–H groups in total. The molecule has 212 valence electrons. The monoisotopic (exact) mass is 549 g/mol. The number of carbonyl (C=O) groups is 1. The van der Waals surface area contributed by atoms with Crippen LogP contribution in [0.5, 0.6) is 0 Å². The zero-order valence-corrected chi connectivity index (χ0v) is 21.9. The number of amides is 2. The summed E-state index contributed by atoms with van der Waals surface area (Å²) >= 11 is 0. The number of anilines is 1. The first-order chi connectivity index (χ1) is 18.7. The molecule has 8 nitrogen and oxygen atoms in total. The standard InChI is InChI=1S/C27H35F4N7O/c1-37-25(34-35-36-37)20-8-4-9-23(16-20)32-26(39)33-24-10-3-2-7-21(24)17-38(18-27(29,30)31)15-5-6-19-11-13-22(28)14-12-19/h4,8-9,11-14,16,21,24,35-36H,2-3,5-7,10,15,17-18H2,1H3,(H2,32,33,39)/t21-,24+/m0/s1. The minimum Gasteiger partial charge on any atom is -0.335 e. The summed E-state index contributed by atoms with van der Waals surface area (Å²) in [5.74, 6) is 0.230. The van der Waals surface area contributed by atoms with Crippen LogP contribution in [0.2, 0.25) is 0 Å². The topological polar surface area (TPSA) is 84.0 Å². The van der Waals surface area contributed by atoms with Crippen LogP contribution in [0.1, 0.15) is 43.2 Å². The van der Waals surface area contributed by atoms with Crippen LogP contribution in [0.25, 0.3) is 0 Å². The number of hydrogen-bond acceptors (Lipinski definition) is 6. The molecule has 4 rings (SSSR count). The zero-order chi connectivity index (χ0) is 27.8. The van der Waals surface area contributed by atoms with Crippen molar-refractivity contribution in [2.75, 3.05) is 32.0 Å². The van der Waals surface area contributed by atoms with Gasteiger partial charge in [0.2, 0.25) is 0 Å². The van der Waals surface area contributed by atoms with Crippen LogP contribution in [0.4, 0.5) is 28.0 Å². The van der Waals surface area contributed by atoms with Crippen molar-refractivity contribution < 1.29 is 22.4 Å². The average Bonchev–Trinajstić information content (AvgIpc) is 3.31. The van der Waals surface area contributed by atoms with E-state index < -0.39 is 12.7 Å². The lowest BCUT2D eigenvalue weighted by Crippen LogP contribution is -2.49. The van der Waals surface area contributed by atoms with E-state index in [-0.39, 0.29) is 36.9 Å². The fourth-order valence-electron chi connectivity index (χ4n) is 5.20. The lowest BCUT2D eigenvalue weighted by atomic mass is 9.84. The molecule has 1 heterocycles. The van der Waals surface area contributed by atoms with Gasteiger partial charge in [0.25, 0.3) is 0 Å². The van der Waals surface area contributed by atoms with Gasteiger partial charge in [-0.3, -0.25) is 9.91 Å². The van der Waals surface area contributed by atoms with E-state index in [4.69, 9.17) is 0 Å². The Hall–Kier alpha value is -3.38. The van der Waals surface area contributed by atoms with Gasteiger partial charge in [-0.15, -0.1) is 10.6 Å².